The molecular formula is C27H34ClNO4. The van der Waals surface area contributed by atoms with Crippen molar-refractivity contribution in [3.05, 3.63) is 90.0 Å². The lowest BCUT2D eigenvalue weighted by molar-refractivity contribution is 0.0965. The van der Waals surface area contributed by atoms with Crippen molar-refractivity contribution in [3.8, 4) is 17.2 Å². The van der Waals surface area contributed by atoms with Gasteiger partial charge in [0.15, 0.2) is 11.5 Å². The third-order valence-corrected chi connectivity index (χ3v) is 5.54. The Kier molecular flexibility index (Phi) is 11.2. The van der Waals surface area contributed by atoms with Crippen molar-refractivity contribution in [1.29, 1.82) is 0 Å². The van der Waals surface area contributed by atoms with Crippen molar-refractivity contribution < 1.29 is 19.7 Å². The highest BCUT2D eigenvalue weighted by Crippen LogP contribution is 2.32. The molecule has 0 heterocycles. The second-order valence-corrected chi connectivity index (χ2v) is 8.11. The summed E-state index contributed by atoms with van der Waals surface area (Å²) in [6, 6.07) is 25.2. The predicted molar refractivity (Wildman–Crippen MR) is 135 cm³/mol. The fourth-order valence-corrected chi connectivity index (χ4v) is 3.54. The number of hydrogen-bond acceptors (Lipinski definition) is 5. The van der Waals surface area contributed by atoms with E-state index in [1.165, 1.54) is 5.56 Å². The number of benzene rings is 3. The van der Waals surface area contributed by atoms with Gasteiger partial charge < -0.3 is 25.4 Å². The summed E-state index contributed by atoms with van der Waals surface area (Å²) < 4.78 is 12.1. The van der Waals surface area contributed by atoms with Gasteiger partial charge in [-0.05, 0) is 60.6 Å². The van der Waals surface area contributed by atoms with Gasteiger partial charge in [0, 0.05) is 0 Å². The van der Waals surface area contributed by atoms with Crippen LogP contribution in [0, 0.1) is 0 Å². The van der Waals surface area contributed by atoms with Crippen molar-refractivity contribution in [1.82, 2.24) is 0 Å². The standard InChI is InChI=1S/C27H33NO4.ClH/c1-20(18-25(30)24(28)19-29)22-13-15-23(16-14-22)32-27-12-6-5-11-26(27)31-17-7-10-21-8-3-2-4-9-21;/h2-6,8-9,11-16,20,24-25,29-30H,7,10,17-19,28H2,1H3;1H. The molecule has 0 aliphatic rings. The highest BCUT2D eigenvalue weighted by Gasteiger charge is 2.18. The fourth-order valence-electron chi connectivity index (χ4n) is 3.54. The molecule has 5 nitrogen and oxygen atoms in total. The number of nitrogens with two attached hydrogens (primary N) is 1. The molecule has 3 rings (SSSR count). The molecule has 3 aromatic rings. The molecule has 0 bridgehead atoms. The van der Waals surface area contributed by atoms with E-state index in [1.807, 2.05) is 61.5 Å². The van der Waals surface area contributed by atoms with E-state index in [4.69, 9.17) is 20.3 Å². The largest absolute Gasteiger partial charge is 0.490 e. The van der Waals surface area contributed by atoms with Crippen molar-refractivity contribution in [2.24, 2.45) is 5.73 Å². The van der Waals surface area contributed by atoms with Gasteiger partial charge in [-0.1, -0.05) is 61.5 Å². The Morgan fingerprint density at radius 1 is 0.879 bits per heavy atom. The Morgan fingerprint density at radius 3 is 2.18 bits per heavy atom. The van der Waals surface area contributed by atoms with Gasteiger partial charge in [-0.15, -0.1) is 12.4 Å². The van der Waals surface area contributed by atoms with Gasteiger partial charge in [0.05, 0.1) is 25.4 Å². The summed E-state index contributed by atoms with van der Waals surface area (Å²) >= 11 is 0. The van der Waals surface area contributed by atoms with Gasteiger partial charge >= 0.3 is 0 Å². The van der Waals surface area contributed by atoms with E-state index in [1.54, 1.807) is 0 Å². The van der Waals surface area contributed by atoms with Crippen molar-refractivity contribution in [2.45, 2.75) is 44.2 Å². The van der Waals surface area contributed by atoms with Crippen LogP contribution in [-0.2, 0) is 6.42 Å². The topological polar surface area (TPSA) is 84.9 Å². The molecule has 0 saturated carbocycles. The molecule has 0 aliphatic carbocycles. The molecule has 4 N–H and O–H groups in total. The van der Waals surface area contributed by atoms with Crippen LogP contribution in [-0.4, -0.2) is 35.6 Å². The summed E-state index contributed by atoms with van der Waals surface area (Å²) in [6.07, 6.45) is 1.65. The fraction of sp³-hybridized carbons (Fsp3) is 0.333. The van der Waals surface area contributed by atoms with E-state index < -0.39 is 12.1 Å². The van der Waals surface area contributed by atoms with Crippen LogP contribution in [0.15, 0.2) is 78.9 Å². The molecule has 0 fully saturated rings. The molecule has 33 heavy (non-hydrogen) atoms. The number of rotatable bonds is 12. The van der Waals surface area contributed by atoms with Crippen LogP contribution in [0.25, 0.3) is 0 Å². The number of hydrogen-bond donors (Lipinski definition) is 3. The normalized spacial score (nSPS) is 13.5. The number of aliphatic hydroxyl groups excluding tert-OH is 2. The average Bonchev–Trinajstić information content (AvgIpc) is 2.83. The van der Waals surface area contributed by atoms with Gasteiger partial charge in [0.2, 0.25) is 0 Å². The predicted octanol–water partition coefficient (Wildman–Crippen LogP) is 5.09. The van der Waals surface area contributed by atoms with Crippen molar-refractivity contribution in [2.75, 3.05) is 13.2 Å². The zero-order valence-electron chi connectivity index (χ0n) is 19.0. The SMILES string of the molecule is CC(CC(O)C(N)CO)c1ccc(Oc2ccccc2OCCCc2ccccc2)cc1.Cl. The lowest BCUT2D eigenvalue weighted by Gasteiger charge is -2.21. The zero-order valence-corrected chi connectivity index (χ0v) is 19.8. The first kappa shape index (κ1) is 26.7. The maximum atomic E-state index is 10.1. The number of aliphatic hydroxyl groups is 2. The monoisotopic (exact) mass is 471 g/mol. The summed E-state index contributed by atoms with van der Waals surface area (Å²) in [5.41, 5.74) is 8.09. The van der Waals surface area contributed by atoms with Gasteiger partial charge in [0.25, 0.3) is 0 Å². The summed E-state index contributed by atoms with van der Waals surface area (Å²) in [5, 5.41) is 19.2. The van der Waals surface area contributed by atoms with Crippen LogP contribution in [0.1, 0.15) is 36.8 Å². The Bertz CT molecular complexity index is 936. The molecule has 0 aromatic heterocycles. The van der Waals surface area contributed by atoms with Gasteiger partial charge in [-0.2, -0.15) is 0 Å². The Hall–Kier alpha value is -2.57. The molecule has 0 aliphatic heterocycles. The molecule has 0 spiro atoms. The van der Waals surface area contributed by atoms with Crippen LogP contribution < -0.4 is 15.2 Å². The highest BCUT2D eigenvalue weighted by atomic mass is 35.5. The minimum atomic E-state index is -0.739. The quantitative estimate of drug-likeness (QED) is 0.320. The molecular weight excluding hydrogens is 438 g/mol. The summed E-state index contributed by atoms with van der Waals surface area (Å²) in [4.78, 5) is 0. The third-order valence-electron chi connectivity index (χ3n) is 5.54. The van der Waals surface area contributed by atoms with E-state index in [0.717, 1.165) is 24.2 Å². The number of para-hydroxylation sites is 2. The Labute approximate surface area is 202 Å². The molecule has 0 amide bonds. The lowest BCUT2D eigenvalue weighted by atomic mass is 9.92. The van der Waals surface area contributed by atoms with Crippen LogP contribution in [0.5, 0.6) is 17.2 Å². The molecule has 178 valence electrons. The Balaban J connectivity index is 0.00000385. The second-order valence-electron chi connectivity index (χ2n) is 8.11. The average molecular weight is 472 g/mol. The highest BCUT2D eigenvalue weighted by molar-refractivity contribution is 5.85. The van der Waals surface area contributed by atoms with Crippen molar-refractivity contribution in [3.63, 3.8) is 0 Å². The van der Waals surface area contributed by atoms with E-state index in [0.29, 0.717) is 24.5 Å². The zero-order chi connectivity index (χ0) is 22.8. The summed E-state index contributed by atoms with van der Waals surface area (Å²) in [7, 11) is 0. The first-order valence-corrected chi connectivity index (χ1v) is 11.1. The van der Waals surface area contributed by atoms with Gasteiger partial charge in [-0.3, -0.25) is 0 Å². The molecule has 3 atom stereocenters. The Morgan fingerprint density at radius 2 is 1.52 bits per heavy atom. The van der Waals surface area contributed by atoms with Crippen LogP contribution in [0.4, 0.5) is 0 Å². The molecule has 3 unspecified atom stereocenters. The number of ether oxygens (including phenoxy) is 2. The minimum absolute atomic E-state index is 0. The minimum Gasteiger partial charge on any atom is -0.490 e. The van der Waals surface area contributed by atoms with Crippen LogP contribution in [0.2, 0.25) is 0 Å². The summed E-state index contributed by atoms with van der Waals surface area (Å²) in [5.74, 6) is 2.22. The molecule has 3 aromatic carbocycles. The molecule has 6 heteroatoms. The number of halogens is 1. The van der Waals surface area contributed by atoms with Crippen molar-refractivity contribution >= 4 is 12.4 Å². The van der Waals surface area contributed by atoms with Gasteiger partial charge in [0.1, 0.15) is 5.75 Å². The first-order valence-electron chi connectivity index (χ1n) is 11.1. The molecule has 0 radical (unpaired) electrons. The van der Waals surface area contributed by atoms with E-state index in [2.05, 4.69) is 24.3 Å². The maximum absolute atomic E-state index is 10.1. The second kappa shape index (κ2) is 13.9. The van der Waals surface area contributed by atoms with E-state index in [9.17, 15) is 5.11 Å². The van der Waals surface area contributed by atoms with E-state index >= 15 is 0 Å². The first-order chi connectivity index (χ1) is 15.6. The number of aryl methyl sites for hydroxylation is 1. The van der Waals surface area contributed by atoms with Crippen LogP contribution >= 0.6 is 12.4 Å². The lowest BCUT2D eigenvalue weighted by Crippen LogP contribution is -2.38. The third kappa shape index (κ3) is 8.37. The smallest absolute Gasteiger partial charge is 0.169 e. The maximum Gasteiger partial charge on any atom is 0.169 e. The summed E-state index contributed by atoms with van der Waals surface area (Å²) in [6.45, 7) is 2.42. The van der Waals surface area contributed by atoms with E-state index in [-0.39, 0.29) is 24.9 Å². The van der Waals surface area contributed by atoms with Crippen LogP contribution in [0.3, 0.4) is 0 Å². The van der Waals surface area contributed by atoms with Gasteiger partial charge in [-0.25, -0.2) is 0 Å². The molecule has 0 saturated heterocycles.